The third kappa shape index (κ3) is 1.87. The van der Waals surface area contributed by atoms with Crippen molar-refractivity contribution in [3.05, 3.63) is 35.5 Å². The number of ether oxygens (including phenoxy) is 1. The first-order valence-corrected chi connectivity index (χ1v) is 5.14. The Hall–Kier alpha value is -1.75. The van der Waals surface area contributed by atoms with Gasteiger partial charge < -0.3 is 4.74 Å². The first kappa shape index (κ1) is 9.79. The van der Waals surface area contributed by atoms with E-state index in [0.717, 1.165) is 4.88 Å². The van der Waals surface area contributed by atoms with E-state index < -0.39 is 0 Å². The topological polar surface area (TPSA) is 52.1 Å². The Morgan fingerprint density at radius 1 is 1.40 bits per heavy atom. The van der Waals surface area contributed by atoms with Gasteiger partial charge in [0.25, 0.3) is 0 Å². The number of carbonyl (C=O) groups excluding carboxylic acids is 1. The minimum atomic E-state index is -0.362. The average molecular weight is 220 g/mol. The molecule has 0 bridgehead atoms. The zero-order chi connectivity index (χ0) is 10.7. The summed E-state index contributed by atoms with van der Waals surface area (Å²) < 4.78 is 4.67. The third-order valence-electron chi connectivity index (χ3n) is 1.84. The van der Waals surface area contributed by atoms with Crippen LogP contribution in [0.5, 0.6) is 0 Å². The lowest BCUT2D eigenvalue weighted by molar-refractivity contribution is 0.0602. The molecule has 0 radical (unpaired) electrons. The fraction of sp³-hybridized carbons (Fsp3) is 0.100. The fourth-order valence-electron chi connectivity index (χ4n) is 1.17. The van der Waals surface area contributed by atoms with Gasteiger partial charge in [0, 0.05) is 12.4 Å². The maximum atomic E-state index is 11.4. The van der Waals surface area contributed by atoms with E-state index in [1.165, 1.54) is 18.4 Å². The van der Waals surface area contributed by atoms with Crippen LogP contribution in [0.15, 0.2) is 29.9 Å². The zero-order valence-corrected chi connectivity index (χ0v) is 8.82. The Kier molecular flexibility index (Phi) is 2.73. The second-order valence-electron chi connectivity index (χ2n) is 2.73. The van der Waals surface area contributed by atoms with Crippen molar-refractivity contribution >= 4 is 17.3 Å². The van der Waals surface area contributed by atoms with E-state index >= 15 is 0 Å². The van der Waals surface area contributed by atoms with Gasteiger partial charge in [-0.1, -0.05) is 0 Å². The van der Waals surface area contributed by atoms with Gasteiger partial charge in [0.1, 0.15) is 0 Å². The fourth-order valence-corrected chi connectivity index (χ4v) is 2.00. The van der Waals surface area contributed by atoms with Gasteiger partial charge in [0.05, 0.1) is 17.6 Å². The van der Waals surface area contributed by atoms with Gasteiger partial charge in [-0.05, 0) is 17.5 Å². The maximum absolute atomic E-state index is 11.4. The van der Waals surface area contributed by atoms with Crippen LogP contribution in [0.1, 0.15) is 10.4 Å². The molecule has 0 N–H and O–H groups in total. The summed E-state index contributed by atoms with van der Waals surface area (Å²) in [6, 6.07) is 3.44. The molecule has 0 aliphatic carbocycles. The number of aromatic nitrogens is 2. The third-order valence-corrected chi connectivity index (χ3v) is 2.75. The van der Waals surface area contributed by atoms with Crippen molar-refractivity contribution in [2.45, 2.75) is 0 Å². The number of hydrogen-bond donors (Lipinski definition) is 0. The highest BCUT2D eigenvalue weighted by Gasteiger charge is 2.15. The van der Waals surface area contributed by atoms with Crippen molar-refractivity contribution in [3.63, 3.8) is 0 Å². The molecular formula is C10H8N2O2S. The maximum Gasteiger partial charge on any atom is 0.339 e. The van der Waals surface area contributed by atoms with Crippen molar-refractivity contribution in [2.75, 3.05) is 7.11 Å². The molecule has 2 aromatic rings. The number of carbonyl (C=O) groups is 1. The van der Waals surface area contributed by atoms with E-state index in [9.17, 15) is 4.79 Å². The molecule has 0 saturated carbocycles. The van der Waals surface area contributed by atoms with E-state index in [-0.39, 0.29) is 5.97 Å². The molecule has 76 valence electrons. The summed E-state index contributed by atoms with van der Waals surface area (Å²) in [6.45, 7) is 0. The van der Waals surface area contributed by atoms with Gasteiger partial charge in [-0.25, -0.2) is 14.8 Å². The monoisotopic (exact) mass is 220 g/mol. The summed E-state index contributed by atoms with van der Waals surface area (Å²) in [4.78, 5) is 20.3. The van der Waals surface area contributed by atoms with Gasteiger partial charge >= 0.3 is 5.97 Å². The van der Waals surface area contributed by atoms with Crippen molar-refractivity contribution in [1.29, 1.82) is 0 Å². The molecule has 2 heterocycles. The highest BCUT2D eigenvalue weighted by molar-refractivity contribution is 7.13. The number of esters is 1. The van der Waals surface area contributed by atoms with Crippen LogP contribution in [0.2, 0.25) is 0 Å². The number of thiophene rings is 1. The molecule has 0 aromatic carbocycles. The second kappa shape index (κ2) is 4.18. The molecule has 15 heavy (non-hydrogen) atoms. The van der Waals surface area contributed by atoms with Crippen LogP contribution in [0.25, 0.3) is 10.7 Å². The molecule has 4 nitrogen and oxygen atoms in total. The summed E-state index contributed by atoms with van der Waals surface area (Å²) in [5.74, 6) is 0.187. The molecule has 2 rings (SSSR count). The normalized spacial score (nSPS) is 9.93. The Balaban J connectivity index is 2.46. The lowest BCUT2D eigenvalue weighted by Crippen LogP contribution is -2.01. The van der Waals surface area contributed by atoms with Crippen LogP contribution in [0.4, 0.5) is 0 Å². The number of methoxy groups -OCH3 is 1. The Labute approximate surface area is 90.6 Å². The van der Waals surface area contributed by atoms with E-state index in [0.29, 0.717) is 11.4 Å². The summed E-state index contributed by atoms with van der Waals surface area (Å²) in [7, 11) is 1.36. The van der Waals surface area contributed by atoms with Crippen molar-refractivity contribution in [3.8, 4) is 10.7 Å². The summed E-state index contributed by atoms with van der Waals surface area (Å²) >= 11 is 1.42. The Morgan fingerprint density at radius 2 is 2.13 bits per heavy atom. The minimum absolute atomic E-state index is 0.362. The summed E-state index contributed by atoms with van der Waals surface area (Å²) in [6.07, 6.45) is 3.28. The van der Waals surface area contributed by atoms with E-state index in [1.807, 2.05) is 5.38 Å². The quantitative estimate of drug-likeness (QED) is 0.726. The molecule has 0 fully saturated rings. The summed E-state index contributed by atoms with van der Waals surface area (Å²) in [5.41, 5.74) is 0.508. The average Bonchev–Trinajstić information content (AvgIpc) is 2.78. The van der Waals surface area contributed by atoms with Crippen LogP contribution in [-0.2, 0) is 4.74 Å². The zero-order valence-electron chi connectivity index (χ0n) is 8.01. The van der Waals surface area contributed by atoms with Crippen LogP contribution >= 0.6 is 11.3 Å². The van der Waals surface area contributed by atoms with Gasteiger partial charge in [0.15, 0.2) is 5.82 Å². The van der Waals surface area contributed by atoms with Crippen LogP contribution in [0.3, 0.4) is 0 Å². The standard InChI is InChI=1S/C10H8N2O2S/c1-14-10(13)7-3-6-15-8(7)9-11-4-2-5-12-9/h2-6H,1H3. The molecule has 0 aliphatic rings. The highest BCUT2D eigenvalue weighted by Crippen LogP contribution is 2.26. The molecule has 5 heteroatoms. The first-order chi connectivity index (χ1) is 7.33. The molecule has 2 aromatic heterocycles. The molecular weight excluding hydrogens is 212 g/mol. The summed E-state index contributed by atoms with van der Waals surface area (Å²) in [5, 5.41) is 1.82. The predicted molar refractivity (Wildman–Crippen MR) is 56.7 cm³/mol. The Morgan fingerprint density at radius 3 is 2.80 bits per heavy atom. The number of nitrogens with zero attached hydrogens (tertiary/aromatic N) is 2. The van der Waals surface area contributed by atoms with E-state index in [2.05, 4.69) is 14.7 Å². The molecule has 0 spiro atoms. The number of hydrogen-bond acceptors (Lipinski definition) is 5. The van der Waals surface area contributed by atoms with Crippen LogP contribution < -0.4 is 0 Å². The van der Waals surface area contributed by atoms with Crippen molar-refractivity contribution in [1.82, 2.24) is 9.97 Å². The van der Waals surface area contributed by atoms with E-state index in [1.54, 1.807) is 24.5 Å². The van der Waals surface area contributed by atoms with Gasteiger partial charge in [-0.3, -0.25) is 0 Å². The SMILES string of the molecule is COC(=O)c1ccsc1-c1ncccn1. The molecule has 0 aliphatic heterocycles. The number of rotatable bonds is 2. The smallest absolute Gasteiger partial charge is 0.339 e. The molecule has 0 atom stereocenters. The second-order valence-corrected chi connectivity index (χ2v) is 3.64. The molecule has 0 unspecified atom stereocenters. The van der Waals surface area contributed by atoms with Crippen molar-refractivity contribution < 1.29 is 9.53 Å². The highest BCUT2D eigenvalue weighted by atomic mass is 32.1. The van der Waals surface area contributed by atoms with Gasteiger partial charge in [-0.2, -0.15) is 0 Å². The van der Waals surface area contributed by atoms with Crippen molar-refractivity contribution in [2.24, 2.45) is 0 Å². The first-order valence-electron chi connectivity index (χ1n) is 4.26. The van der Waals surface area contributed by atoms with Crippen LogP contribution in [0, 0.1) is 0 Å². The molecule has 0 saturated heterocycles. The van der Waals surface area contributed by atoms with Gasteiger partial charge in [-0.15, -0.1) is 11.3 Å². The minimum Gasteiger partial charge on any atom is -0.465 e. The largest absolute Gasteiger partial charge is 0.465 e. The van der Waals surface area contributed by atoms with Crippen LogP contribution in [-0.4, -0.2) is 23.0 Å². The van der Waals surface area contributed by atoms with E-state index in [4.69, 9.17) is 0 Å². The molecule has 0 amide bonds. The van der Waals surface area contributed by atoms with Gasteiger partial charge in [0.2, 0.25) is 0 Å². The Bertz CT molecular complexity index is 467. The lowest BCUT2D eigenvalue weighted by atomic mass is 10.2. The predicted octanol–water partition coefficient (Wildman–Crippen LogP) is 1.99. The lowest BCUT2D eigenvalue weighted by Gasteiger charge is -1.99.